The maximum absolute atomic E-state index is 12.1. The Morgan fingerprint density at radius 1 is 1.53 bits per heavy atom. The Labute approximate surface area is 118 Å². The smallest absolute Gasteiger partial charge is 0.251 e. The van der Waals surface area contributed by atoms with E-state index in [1.807, 2.05) is 26.8 Å². The van der Waals surface area contributed by atoms with Crippen LogP contribution >= 0.6 is 11.6 Å². The average molecular weight is 280 g/mol. The third kappa shape index (κ3) is 4.53. The molecule has 1 amide bonds. The minimum atomic E-state index is -0.238. The summed E-state index contributed by atoms with van der Waals surface area (Å²) in [6.07, 6.45) is 0.274. The Kier molecular flexibility index (Phi) is 4.90. The number of pyridine rings is 1. The molecular formula is C14H18ClN3O. The van der Waals surface area contributed by atoms with Gasteiger partial charge in [-0.05, 0) is 19.1 Å². The summed E-state index contributed by atoms with van der Waals surface area (Å²) in [4.78, 5) is 16.3. The molecule has 0 aromatic carbocycles. The van der Waals surface area contributed by atoms with E-state index in [0.717, 1.165) is 5.69 Å². The van der Waals surface area contributed by atoms with Crippen molar-refractivity contribution in [3.05, 3.63) is 28.5 Å². The number of hydrogen-bond donors (Lipinski definition) is 1. The molecule has 1 atom stereocenters. The van der Waals surface area contributed by atoms with Crippen LogP contribution in [0.15, 0.2) is 12.1 Å². The maximum atomic E-state index is 12.1. The molecule has 1 unspecified atom stereocenters. The molecule has 0 aliphatic rings. The Hall–Kier alpha value is -1.60. The first kappa shape index (κ1) is 15.5. The first-order valence-electron chi connectivity index (χ1n) is 6.10. The summed E-state index contributed by atoms with van der Waals surface area (Å²) < 4.78 is 0. The summed E-state index contributed by atoms with van der Waals surface area (Å²) >= 11 is 5.95. The predicted octanol–water partition coefficient (Wildman–Crippen LogP) is 3.06. The summed E-state index contributed by atoms with van der Waals surface area (Å²) in [5, 5.41) is 11.6. The third-order valence-electron chi connectivity index (χ3n) is 2.60. The molecule has 1 aromatic heterocycles. The number of carbonyl (C=O) groups is 1. The number of aromatic nitrogens is 1. The Morgan fingerprint density at radius 3 is 2.68 bits per heavy atom. The first-order valence-corrected chi connectivity index (χ1v) is 6.47. The van der Waals surface area contributed by atoms with Crippen molar-refractivity contribution in [3.63, 3.8) is 0 Å². The van der Waals surface area contributed by atoms with Gasteiger partial charge < -0.3 is 5.32 Å². The number of rotatable bonds is 3. The lowest BCUT2D eigenvalue weighted by atomic mass is 9.91. The van der Waals surface area contributed by atoms with E-state index in [-0.39, 0.29) is 23.8 Å². The fourth-order valence-electron chi connectivity index (χ4n) is 1.51. The van der Waals surface area contributed by atoms with Crippen LogP contribution in [0.4, 0.5) is 0 Å². The Bertz CT molecular complexity index is 514. The molecule has 0 radical (unpaired) electrons. The van der Waals surface area contributed by atoms with Gasteiger partial charge >= 0.3 is 0 Å². The highest BCUT2D eigenvalue weighted by Gasteiger charge is 2.19. The van der Waals surface area contributed by atoms with Crippen molar-refractivity contribution >= 4 is 17.5 Å². The van der Waals surface area contributed by atoms with Gasteiger partial charge in [-0.1, -0.05) is 32.4 Å². The maximum Gasteiger partial charge on any atom is 0.251 e. The molecule has 19 heavy (non-hydrogen) atoms. The fraction of sp³-hybridized carbons (Fsp3) is 0.500. The SMILES string of the molecule is CC(CC#N)NC(=O)c1cc(Cl)nc(C(C)(C)C)c1. The lowest BCUT2D eigenvalue weighted by molar-refractivity contribution is 0.0940. The first-order chi connectivity index (χ1) is 8.74. The van der Waals surface area contributed by atoms with Crippen molar-refractivity contribution < 1.29 is 4.79 Å². The van der Waals surface area contributed by atoms with Crippen LogP contribution in [-0.2, 0) is 5.41 Å². The predicted molar refractivity (Wildman–Crippen MR) is 75.1 cm³/mol. The number of nitrogens with zero attached hydrogens (tertiary/aromatic N) is 2. The molecule has 5 heteroatoms. The molecule has 0 saturated carbocycles. The zero-order valence-electron chi connectivity index (χ0n) is 11.6. The third-order valence-corrected chi connectivity index (χ3v) is 2.79. The van der Waals surface area contributed by atoms with Crippen LogP contribution < -0.4 is 5.32 Å². The summed E-state index contributed by atoms with van der Waals surface area (Å²) in [6.45, 7) is 7.80. The fourth-order valence-corrected chi connectivity index (χ4v) is 1.72. The van der Waals surface area contributed by atoms with E-state index in [1.165, 1.54) is 6.07 Å². The van der Waals surface area contributed by atoms with Crippen LogP contribution in [-0.4, -0.2) is 16.9 Å². The van der Waals surface area contributed by atoms with Gasteiger partial charge in [0.2, 0.25) is 0 Å². The molecule has 0 fully saturated rings. The van der Waals surface area contributed by atoms with Crippen LogP contribution in [0.3, 0.4) is 0 Å². The van der Waals surface area contributed by atoms with Crippen LogP contribution in [0.1, 0.15) is 50.2 Å². The van der Waals surface area contributed by atoms with Crippen molar-refractivity contribution in [1.29, 1.82) is 5.26 Å². The van der Waals surface area contributed by atoms with E-state index in [2.05, 4.69) is 10.3 Å². The lowest BCUT2D eigenvalue weighted by Gasteiger charge is -2.19. The number of hydrogen-bond acceptors (Lipinski definition) is 3. The van der Waals surface area contributed by atoms with E-state index in [0.29, 0.717) is 10.7 Å². The largest absolute Gasteiger partial charge is 0.349 e. The van der Waals surface area contributed by atoms with Crippen LogP contribution in [0.25, 0.3) is 0 Å². The molecule has 1 heterocycles. The highest BCUT2D eigenvalue weighted by Crippen LogP contribution is 2.23. The summed E-state index contributed by atoms with van der Waals surface area (Å²) in [5.74, 6) is -0.238. The highest BCUT2D eigenvalue weighted by molar-refractivity contribution is 6.29. The summed E-state index contributed by atoms with van der Waals surface area (Å²) in [7, 11) is 0. The van der Waals surface area contributed by atoms with Gasteiger partial charge in [-0.3, -0.25) is 4.79 Å². The summed E-state index contributed by atoms with van der Waals surface area (Å²) in [5.41, 5.74) is 1.05. The topological polar surface area (TPSA) is 65.8 Å². The van der Waals surface area contributed by atoms with E-state index in [4.69, 9.17) is 16.9 Å². The number of halogens is 1. The molecule has 0 spiro atoms. The zero-order chi connectivity index (χ0) is 14.6. The van der Waals surface area contributed by atoms with E-state index >= 15 is 0 Å². The average Bonchev–Trinajstić information content (AvgIpc) is 2.27. The van der Waals surface area contributed by atoms with Crippen LogP contribution in [0.5, 0.6) is 0 Å². The summed E-state index contributed by atoms with van der Waals surface area (Å²) in [6, 6.07) is 5.10. The standard InChI is InChI=1S/C14H18ClN3O/c1-9(5-6-16)17-13(19)10-7-11(14(2,3)4)18-12(15)8-10/h7-9H,5H2,1-4H3,(H,17,19). The second-order valence-electron chi connectivity index (χ2n) is 5.55. The molecule has 102 valence electrons. The molecule has 1 N–H and O–H groups in total. The Balaban J connectivity index is 2.98. The van der Waals surface area contributed by atoms with Crippen LogP contribution in [0.2, 0.25) is 5.15 Å². The molecule has 0 aliphatic carbocycles. The van der Waals surface area contributed by atoms with Gasteiger partial charge in [0.25, 0.3) is 5.91 Å². The molecular weight excluding hydrogens is 262 g/mol. The number of carbonyl (C=O) groups excluding carboxylic acids is 1. The van der Waals surface area contributed by atoms with Gasteiger partial charge in [0, 0.05) is 22.7 Å². The minimum absolute atomic E-state index is 0.182. The van der Waals surface area contributed by atoms with Gasteiger partial charge in [0.15, 0.2) is 0 Å². The van der Waals surface area contributed by atoms with Crippen LogP contribution in [0, 0.1) is 11.3 Å². The van der Waals surface area contributed by atoms with Crippen molar-refractivity contribution in [2.24, 2.45) is 0 Å². The normalized spacial score (nSPS) is 12.6. The van der Waals surface area contributed by atoms with Gasteiger partial charge in [0.05, 0.1) is 12.5 Å². The monoisotopic (exact) mass is 279 g/mol. The van der Waals surface area contributed by atoms with Gasteiger partial charge in [0.1, 0.15) is 5.15 Å². The zero-order valence-corrected chi connectivity index (χ0v) is 12.4. The van der Waals surface area contributed by atoms with Gasteiger partial charge in [-0.2, -0.15) is 5.26 Å². The van der Waals surface area contributed by atoms with Crippen molar-refractivity contribution in [2.45, 2.75) is 45.6 Å². The quantitative estimate of drug-likeness (QED) is 0.865. The number of amides is 1. The lowest BCUT2D eigenvalue weighted by Crippen LogP contribution is -2.32. The molecule has 1 rings (SSSR count). The molecule has 0 bridgehead atoms. The molecule has 1 aromatic rings. The Morgan fingerprint density at radius 2 is 2.16 bits per heavy atom. The van der Waals surface area contributed by atoms with E-state index in [1.54, 1.807) is 13.0 Å². The van der Waals surface area contributed by atoms with Crippen molar-refractivity contribution in [2.75, 3.05) is 0 Å². The van der Waals surface area contributed by atoms with Crippen molar-refractivity contribution in [3.8, 4) is 6.07 Å². The van der Waals surface area contributed by atoms with Crippen molar-refractivity contribution in [1.82, 2.24) is 10.3 Å². The minimum Gasteiger partial charge on any atom is -0.349 e. The second-order valence-corrected chi connectivity index (χ2v) is 5.94. The highest BCUT2D eigenvalue weighted by atomic mass is 35.5. The second kappa shape index (κ2) is 6.03. The van der Waals surface area contributed by atoms with Gasteiger partial charge in [-0.25, -0.2) is 4.98 Å². The van der Waals surface area contributed by atoms with E-state index < -0.39 is 0 Å². The number of nitriles is 1. The molecule has 0 aliphatic heterocycles. The van der Waals surface area contributed by atoms with E-state index in [9.17, 15) is 4.79 Å². The van der Waals surface area contributed by atoms with Gasteiger partial charge in [-0.15, -0.1) is 0 Å². The molecule has 4 nitrogen and oxygen atoms in total. The molecule has 0 saturated heterocycles. The number of nitrogens with one attached hydrogen (secondary N) is 1.